The summed E-state index contributed by atoms with van der Waals surface area (Å²) in [6, 6.07) is 3.83. The number of benzene rings is 1. The molecule has 0 radical (unpaired) electrons. The molecule has 0 aliphatic heterocycles. The first-order valence-electron chi connectivity index (χ1n) is 7.93. The summed E-state index contributed by atoms with van der Waals surface area (Å²) < 4.78 is 16.2. The number of nitrogens with one attached hydrogen (secondary N) is 2. The Balaban J connectivity index is 0.00000576. The van der Waals surface area contributed by atoms with Crippen molar-refractivity contribution in [3.05, 3.63) is 17.7 Å². The van der Waals surface area contributed by atoms with Crippen LogP contribution in [0.5, 0.6) is 17.2 Å². The van der Waals surface area contributed by atoms with Gasteiger partial charge in [-0.25, -0.2) is 0 Å². The molecule has 2 N–H and O–H groups in total. The number of hydrogen-bond acceptors (Lipinski definition) is 5. The third-order valence-corrected chi connectivity index (χ3v) is 4.22. The molecule has 0 atom stereocenters. The van der Waals surface area contributed by atoms with E-state index in [4.69, 9.17) is 14.2 Å². The lowest BCUT2D eigenvalue weighted by molar-refractivity contribution is 0.322. The molecule has 8 heteroatoms. The number of nitrogens with zero attached hydrogens (tertiary/aromatic N) is 1. The van der Waals surface area contributed by atoms with Gasteiger partial charge < -0.3 is 24.8 Å². The third-order valence-electron chi connectivity index (χ3n) is 3.52. The lowest BCUT2D eigenvalue weighted by atomic mass is 10.1. The van der Waals surface area contributed by atoms with Crippen LogP contribution in [0.15, 0.2) is 17.1 Å². The van der Waals surface area contributed by atoms with Crippen LogP contribution >= 0.6 is 35.7 Å². The van der Waals surface area contributed by atoms with Crippen molar-refractivity contribution in [2.75, 3.05) is 46.9 Å². The summed E-state index contributed by atoms with van der Waals surface area (Å²) in [7, 11) is 6.60. The zero-order valence-electron chi connectivity index (χ0n) is 15.7. The largest absolute Gasteiger partial charge is 0.493 e. The van der Waals surface area contributed by atoms with E-state index in [1.807, 2.05) is 23.9 Å². The number of guanidine groups is 1. The van der Waals surface area contributed by atoms with Crippen molar-refractivity contribution in [3.8, 4) is 17.2 Å². The van der Waals surface area contributed by atoms with Crippen molar-refractivity contribution in [1.82, 2.24) is 10.6 Å². The highest BCUT2D eigenvalue weighted by molar-refractivity contribution is 14.0. The summed E-state index contributed by atoms with van der Waals surface area (Å²) in [5.41, 5.74) is 0.973. The highest BCUT2D eigenvalue weighted by Crippen LogP contribution is 2.39. The number of hydrogen-bond donors (Lipinski definition) is 2. The van der Waals surface area contributed by atoms with E-state index in [1.165, 1.54) is 12.2 Å². The third kappa shape index (κ3) is 7.81. The fourth-order valence-electron chi connectivity index (χ4n) is 2.28. The Kier molecular flexibility index (Phi) is 13.6. The van der Waals surface area contributed by atoms with Gasteiger partial charge in [0.25, 0.3) is 0 Å². The van der Waals surface area contributed by atoms with E-state index in [9.17, 15) is 0 Å². The minimum absolute atomic E-state index is 0. The number of rotatable bonds is 10. The molecular weight excluding hydrogens is 453 g/mol. The first-order valence-corrected chi connectivity index (χ1v) is 9.32. The first-order chi connectivity index (χ1) is 11.7. The van der Waals surface area contributed by atoms with Crippen LogP contribution < -0.4 is 24.8 Å². The van der Waals surface area contributed by atoms with Gasteiger partial charge >= 0.3 is 0 Å². The topological polar surface area (TPSA) is 64.1 Å². The zero-order chi connectivity index (χ0) is 17.8. The van der Waals surface area contributed by atoms with Crippen molar-refractivity contribution in [2.24, 2.45) is 4.99 Å². The van der Waals surface area contributed by atoms with Crippen molar-refractivity contribution in [2.45, 2.75) is 19.4 Å². The maximum absolute atomic E-state index is 5.49. The first kappa shape index (κ1) is 24.0. The standard InChI is InChI=1S/C17H29N3O3S.HI/c1-18-17(19-10-6-7-11-24-5)20-12-13-8-9-14(21-2)16(23-4)15(13)22-3;/h8-9H,6-7,10-12H2,1-5H3,(H2,18,19,20);1H. The molecule has 25 heavy (non-hydrogen) atoms. The van der Waals surface area contributed by atoms with Crippen LogP contribution in [0.3, 0.4) is 0 Å². The quantitative estimate of drug-likeness (QED) is 0.231. The van der Waals surface area contributed by atoms with E-state index in [2.05, 4.69) is 21.9 Å². The molecule has 0 heterocycles. The fraction of sp³-hybridized carbons (Fsp3) is 0.588. The molecule has 0 aromatic heterocycles. The lowest BCUT2D eigenvalue weighted by Crippen LogP contribution is -2.37. The highest BCUT2D eigenvalue weighted by atomic mass is 127. The molecule has 0 saturated carbocycles. The molecule has 0 unspecified atom stereocenters. The van der Waals surface area contributed by atoms with Gasteiger partial charge in [-0.3, -0.25) is 4.99 Å². The molecule has 0 saturated heterocycles. The molecule has 6 nitrogen and oxygen atoms in total. The van der Waals surface area contributed by atoms with Crippen molar-refractivity contribution >= 4 is 41.7 Å². The van der Waals surface area contributed by atoms with Crippen LogP contribution in [0.25, 0.3) is 0 Å². The van der Waals surface area contributed by atoms with Crippen molar-refractivity contribution < 1.29 is 14.2 Å². The average Bonchev–Trinajstić information content (AvgIpc) is 2.62. The highest BCUT2D eigenvalue weighted by Gasteiger charge is 2.15. The number of ether oxygens (including phenoxy) is 3. The maximum Gasteiger partial charge on any atom is 0.203 e. The Hall–Kier alpha value is -1.03. The van der Waals surface area contributed by atoms with Crippen LogP contribution in [0, 0.1) is 0 Å². The molecule has 0 aliphatic carbocycles. The molecule has 144 valence electrons. The van der Waals surface area contributed by atoms with Gasteiger partial charge in [-0.15, -0.1) is 24.0 Å². The Morgan fingerprint density at radius 3 is 2.32 bits per heavy atom. The second-order valence-electron chi connectivity index (χ2n) is 5.05. The monoisotopic (exact) mass is 483 g/mol. The Morgan fingerprint density at radius 1 is 1.04 bits per heavy atom. The summed E-state index contributed by atoms with van der Waals surface area (Å²) in [4.78, 5) is 4.25. The van der Waals surface area contributed by atoms with Gasteiger partial charge in [-0.1, -0.05) is 0 Å². The minimum Gasteiger partial charge on any atom is -0.493 e. The van der Waals surface area contributed by atoms with Crippen LogP contribution in [0.4, 0.5) is 0 Å². The van der Waals surface area contributed by atoms with E-state index in [0.29, 0.717) is 23.8 Å². The summed E-state index contributed by atoms with van der Waals surface area (Å²) >= 11 is 1.87. The maximum atomic E-state index is 5.49. The molecule has 0 aliphatic rings. The predicted octanol–water partition coefficient (Wildman–Crippen LogP) is 3.14. The minimum atomic E-state index is 0. The van der Waals surface area contributed by atoms with Crippen molar-refractivity contribution in [1.29, 1.82) is 0 Å². The normalized spacial score (nSPS) is 10.7. The summed E-state index contributed by atoms with van der Waals surface area (Å²) in [5.74, 6) is 3.88. The van der Waals surface area contributed by atoms with Gasteiger partial charge in [0.15, 0.2) is 17.5 Å². The molecular formula is C17H30IN3O3S. The van der Waals surface area contributed by atoms with Gasteiger partial charge in [0, 0.05) is 25.7 Å². The second kappa shape index (κ2) is 14.2. The Morgan fingerprint density at radius 2 is 1.76 bits per heavy atom. The van der Waals surface area contributed by atoms with Gasteiger partial charge in [0.2, 0.25) is 5.75 Å². The number of aliphatic imine (C=N–C) groups is 1. The fourth-order valence-corrected chi connectivity index (χ4v) is 2.77. The molecule has 0 amide bonds. The van der Waals surface area contributed by atoms with Crippen molar-refractivity contribution in [3.63, 3.8) is 0 Å². The van der Waals surface area contributed by atoms with Crippen LogP contribution in [-0.4, -0.2) is 52.9 Å². The van der Waals surface area contributed by atoms with Gasteiger partial charge in [0.1, 0.15) is 0 Å². The van der Waals surface area contributed by atoms with E-state index in [0.717, 1.165) is 24.5 Å². The number of halogens is 1. The Labute approximate surface area is 172 Å². The van der Waals surface area contributed by atoms with E-state index in [1.54, 1.807) is 28.4 Å². The smallest absolute Gasteiger partial charge is 0.203 e. The van der Waals surface area contributed by atoms with Gasteiger partial charge in [-0.2, -0.15) is 11.8 Å². The molecule has 1 rings (SSSR count). The van der Waals surface area contributed by atoms with Gasteiger partial charge in [0.05, 0.1) is 21.3 Å². The zero-order valence-corrected chi connectivity index (χ0v) is 18.8. The van der Waals surface area contributed by atoms with Crippen LogP contribution in [0.1, 0.15) is 18.4 Å². The van der Waals surface area contributed by atoms with E-state index >= 15 is 0 Å². The number of unbranched alkanes of at least 4 members (excludes halogenated alkanes) is 1. The number of methoxy groups -OCH3 is 3. The van der Waals surface area contributed by atoms with Gasteiger partial charge in [-0.05, 0) is 37.0 Å². The molecule has 0 spiro atoms. The Bertz CT molecular complexity index is 530. The summed E-state index contributed by atoms with van der Waals surface area (Å²) in [6.45, 7) is 1.48. The molecule has 0 bridgehead atoms. The number of thioether (sulfide) groups is 1. The molecule has 1 aromatic carbocycles. The van der Waals surface area contributed by atoms with Crippen LogP contribution in [-0.2, 0) is 6.54 Å². The van der Waals surface area contributed by atoms with E-state index < -0.39 is 0 Å². The van der Waals surface area contributed by atoms with E-state index in [-0.39, 0.29) is 24.0 Å². The molecule has 0 fully saturated rings. The second-order valence-corrected chi connectivity index (χ2v) is 6.03. The summed E-state index contributed by atoms with van der Waals surface area (Å²) in [6.07, 6.45) is 4.46. The summed E-state index contributed by atoms with van der Waals surface area (Å²) in [5, 5.41) is 6.62. The SMILES string of the molecule is CN=C(NCCCCSC)NCc1ccc(OC)c(OC)c1OC.I. The average molecular weight is 483 g/mol. The predicted molar refractivity (Wildman–Crippen MR) is 117 cm³/mol. The lowest BCUT2D eigenvalue weighted by Gasteiger charge is -2.17. The van der Waals surface area contributed by atoms with Crippen LogP contribution in [0.2, 0.25) is 0 Å². The molecule has 1 aromatic rings.